The number of rotatable bonds is 7. The zero-order valence-corrected chi connectivity index (χ0v) is 19.8. The van der Waals surface area contributed by atoms with Crippen LogP contribution >= 0.6 is 0 Å². The molecule has 1 atom stereocenters. The highest BCUT2D eigenvalue weighted by atomic mass is 15.1. The van der Waals surface area contributed by atoms with Crippen LogP contribution in [0.2, 0.25) is 0 Å². The van der Waals surface area contributed by atoms with E-state index in [0.717, 1.165) is 6.42 Å². The summed E-state index contributed by atoms with van der Waals surface area (Å²) in [4.78, 5) is 0. The molecule has 25 heavy (non-hydrogen) atoms. The highest BCUT2D eigenvalue weighted by Crippen LogP contribution is 2.36. The second-order valence-corrected chi connectivity index (χ2v) is 11.4. The maximum absolute atomic E-state index is 2.80. The monoisotopic (exact) mass is 350 g/mol. The van der Waals surface area contributed by atoms with Gasteiger partial charge in [0.15, 0.2) is 17.3 Å². The third-order valence-corrected chi connectivity index (χ3v) is 4.77. The zero-order chi connectivity index (χ0) is 20.2. The lowest BCUT2D eigenvalue weighted by Crippen LogP contribution is -2.52. The molecule has 0 saturated carbocycles. The van der Waals surface area contributed by atoms with Gasteiger partial charge < -0.3 is 0 Å². The van der Waals surface area contributed by atoms with Crippen LogP contribution in [0.25, 0.3) is 0 Å². The summed E-state index contributed by atoms with van der Waals surface area (Å²) in [5.74, 6) is 0.690. The third-order valence-electron chi connectivity index (χ3n) is 4.77. The Hall–Kier alpha value is -0.590. The lowest BCUT2D eigenvalue weighted by Gasteiger charge is -2.39. The second-order valence-electron chi connectivity index (χ2n) is 11.4. The molecule has 1 unspecified atom stereocenters. The van der Waals surface area contributed by atoms with Crippen LogP contribution in [0.1, 0.15) is 109 Å². The summed E-state index contributed by atoms with van der Waals surface area (Å²) in [6.45, 7) is 30.7. The van der Waals surface area contributed by atoms with Gasteiger partial charge in [0.05, 0.1) is 0 Å². The van der Waals surface area contributed by atoms with E-state index in [1.807, 2.05) is 0 Å². The Bertz CT molecular complexity index is 471. The topological polar surface area (TPSA) is 3.01 Å². The van der Waals surface area contributed by atoms with Crippen molar-refractivity contribution < 1.29 is 4.58 Å². The summed E-state index contributed by atoms with van der Waals surface area (Å²) in [6, 6.07) is 0.520. The van der Waals surface area contributed by atoms with Gasteiger partial charge in [-0.3, -0.25) is 0 Å². The van der Waals surface area contributed by atoms with Crippen molar-refractivity contribution in [3.63, 3.8) is 0 Å². The smallest absolute Gasteiger partial charge is 0.175 e. The second kappa shape index (κ2) is 8.87. The quantitative estimate of drug-likeness (QED) is 0.254. The Balaban J connectivity index is 6.61. The molecule has 0 rings (SSSR count). The summed E-state index contributed by atoms with van der Waals surface area (Å²) in [5.41, 5.74) is 3.59. The molecule has 0 aromatic heterocycles. The van der Waals surface area contributed by atoms with Crippen molar-refractivity contribution in [1.82, 2.24) is 0 Å². The van der Waals surface area contributed by atoms with Crippen molar-refractivity contribution in [3.8, 4) is 0 Å². The number of nitrogens with zero attached hydrogens (tertiary/aromatic N) is 1. The normalized spacial score (nSPS) is 15.9. The minimum atomic E-state index is 0.0300. The molecule has 0 aromatic carbocycles. The zero-order valence-electron chi connectivity index (χ0n) is 19.8. The van der Waals surface area contributed by atoms with E-state index in [0.29, 0.717) is 17.4 Å². The Kier molecular flexibility index (Phi) is 8.66. The molecular weight excluding hydrogens is 302 g/mol. The lowest BCUT2D eigenvalue weighted by atomic mass is 9.75. The average molecular weight is 351 g/mol. The molecule has 1 nitrogen and oxygen atoms in total. The van der Waals surface area contributed by atoms with E-state index in [1.54, 1.807) is 5.71 Å². The van der Waals surface area contributed by atoms with Gasteiger partial charge in [0.1, 0.15) is 0 Å². The van der Waals surface area contributed by atoms with Gasteiger partial charge >= 0.3 is 0 Å². The van der Waals surface area contributed by atoms with Crippen LogP contribution in [-0.4, -0.2) is 21.9 Å². The van der Waals surface area contributed by atoms with E-state index in [4.69, 9.17) is 0 Å². The molecule has 0 heterocycles. The third kappa shape index (κ3) is 8.56. The maximum atomic E-state index is 2.80. The SMILES string of the molecule is CCC(CC(C)C)=[N+](C(CC(C)(C)C)C(C)(C)C)C(C)(C)C=C(C)C. The van der Waals surface area contributed by atoms with Crippen LogP contribution in [0.15, 0.2) is 11.6 Å². The standard InChI is InChI=1S/C24H48N/c1-14-20(15-18(2)3)25(24(12,13)16-19(4)5)21(23(9,10)11)17-22(6,7)8/h16,18,21H,14-15,17H2,1-13H3/q+1. The van der Waals surface area contributed by atoms with E-state index in [1.165, 1.54) is 18.4 Å². The van der Waals surface area contributed by atoms with Crippen molar-refractivity contribution in [3.05, 3.63) is 11.6 Å². The molecule has 0 saturated heterocycles. The molecule has 0 aliphatic heterocycles. The van der Waals surface area contributed by atoms with Gasteiger partial charge in [-0.25, -0.2) is 4.58 Å². The van der Waals surface area contributed by atoms with Crippen LogP contribution < -0.4 is 0 Å². The van der Waals surface area contributed by atoms with Gasteiger partial charge in [-0.1, -0.05) is 67.9 Å². The molecule has 0 aliphatic rings. The predicted octanol–water partition coefficient (Wildman–Crippen LogP) is 7.49. The van der Waals surface area contributed by atoms with Gasteiger partial charge in [-0.2, -0.15) is 0 Å². The molecule has 0 radical (unpaired) electrons. The highest BCUT2D eigenvalue weighted by Gasteiger charge is 2.44. The van der Waals surface area contributed by atoms with Crippen LogP contribution in [-0.2, 0) is 0 Å². The molecule has 1 heteroatoms. The van der Waals surface area contributed by atoms with Crippen LogP contribution in [0.4, 0.5) is 0 Å². The molecule has 0 aromatic rings. The lowest BCUT2D eigenvalue weighted by molar-refractivity contribution is -0.639. The molecule has 0 fully saturated rings. The Morgan fingerprint density at radius 1 is 0.920 bits per heavy atom. The fourth-order valence-corrected chi connectivity index (χ4v) is 4.05. The van der Waals surface area contributed by atoms with E-state index >= 15 is 0 Å². The van der Waals surface area contributed by atoms with Gasteiger partial charge in [0.2, 0.25) is 0 Å². The Morgan fingerprint density at radius 2 is 1.40 bits per heavy atom. The van der Waals surface area contributed by atoms with Crippen molar-refractivity contribution >= 4 is 5.71 Å². The summed E-state index contributed by atoms with van der Waals surface area (Å²) in [7, 11) is 0. The van der Waals surface area contributed by atoms with E-state index in [-0.39, 0.29) is 11.0 Å². The number of hydrogen-bond donors (Lipinski definition) is 0. The minimum Gasteiger partial charge on any atom is -0.225 e. The first kappa shape index (κ1) is 24.4. The van der Waals surface area contributed by atoms with Crippen molar-refractivity contribution in [2.24, 2.45) is 16.7 Å². The molecule has 0 amide bonds. The van der Waals surface area contributed by atoms with Gasteiger partial charge in [0, 0.05) is 38.5 Å². The molecule has 148 valence electrons. The largest absolute Gasteiger partial charge is 0.225 e. The Morgan fingerprint density at radius 3 is 1.68 bits per heavy atom. The summed E-state index contributed by atoms with van der Waals surface area (Å²) < 4.78 is 2.80. The first-order valence-corrected chi connectivity index (χ1v) is 10.3. The first-order valence-electron chi connectivity index (χ1n) is 10.3. The maximum Gasteiger partial charge on any atom is 0.175 e. The molecule has 0 aliphatic carbocycles. The van der Waals surface area contributed by atoms with Gasteiger partial charge in [-0.15, -0.1) is 0 Å². The minimum absolute atomic E-state index is 0.0300. The van der Waals surface area contributed by atoms with Crippen molar-refractivity contribution in [2.45, 2.75) is 121 Å². The van der Waals surface area contributed by atoms with E-state index in [9.17, 15) is 0 Å². The highest BCUT2D eigenvalue weighted by molar-refractivity contribution is 5.80. The van der Waals surface area contributed by atoms with Crippen LogP contribution in [0, 0.1) is 16.7 Å². The summed E-state index contributed by atoms with van der Waals surface area (Å²) in [5, 5.41) is 0. The van der Waals surface area contributed by atoms with E-state index in [2.05, 4.69) is 101 Å². The van der Waals surface area contributed by atoms with E-state index < -0.39 is 0 Å². The molecular formula is C24H48N+. The van der Waals surface area contributed by atoms with Crippen molar-refractivity contribution in [1.29, 1.82) is 0 Å². The molecule has 0 N–H and O–H groups in total. The fraction of sp³-hybridized carbons (Fsp3) is 0.875. The summed E-state index contributed by atoms with van der Waals surface area (Å²) in [6.07, 6.45) is 5.99. The van der Waals surface area contributed by atoms with Crippen LogP contribution in [0.5, 0.6) is 0 Å². The number of allylic oxidation sites excluding steroid dienone is 1. The average Bonchev–Trinajstić information content (AvgIpc) is 2.31. The predicted molar refractivity (Wildman–Crippen MR) is 116 cm³/mol. The molecule has 0 spiro atoms. The Labute approximate surface area is 160 Å². The van der Waals surface area contributed by atoms with Crippen molar-refractivity contribution in [2.75, 3.05) is 0 Å². The molecule has 0 bridgehead atoms. The summed E-state index contributed by atoms with van der Waals surface area (Å²) >= 11 is 0. The fourth-order valence-electron chi connectivity index (χ4n) is 4.05. The first-order chi connectivity index (χ1) is 11.0. The van der Waals surface area contributed by atoms with Crippen LogP contribution in [0.3, 0.4) is 0 Å². The van der Waals surface area contributed by atoms with Gasteiger partial charge in [-0.05, 0) is 31.3 Å². The van der Waals surface area contributed by atoms with Gasteiger partial charge in [0.25, 0.3) is 0 Å². The number of hydrogen-bond acceptors (Lipinski definition) is 0.